The quantitative estimate of drug-likeness (QED) is 0.867. The lowest BCUT2D eigenvalue weighted by Gasteiger charge is -2.32. The minimum Gasteiger partial charge on any atom is -0.496 e. The topological polar surface area (TPSA) is 50.8 Å². The van der Waals surface area contributed by atoms with Gasteiger partial charge in [-0.25, -0.2) is 4.39 Å². The lowest BCUT2D eigenvalue weighted by molar-refractivity contribution is -0.138. The summed E-state index contributed by atoms with van der Waals surface area (Å²) in [5.74, 6) is 0.670. The standard InChI is InChI=1S/C17H25FN2O3/c1-12(2)9-19-17(21)16-11-20(6-7-23-16)10-13-8-14(18)4-5-15(13)22-3/h4-5,8,12,16H,6-7,9-11H2,1-3H3,(H,19,21). The van der Waals surface area contributed by atoms with Gasteiger partial charge in [-0.05, 0) is 24.1 Å². The molecule has 2 rings (SSSR count). The van der Waals surface area contributed by atoms with Crippen molar-refractivity contribution in [1.29, 1.82) is 0 Å². The fourth-order valence-electron chi connectivity index (χ4n) is 2.53. The monoisotopic (exact) mass is 324 g/mol. The van der Waals surface area contributed by atoms with E-state index in [2.05, 4.69) is 10.2 Å². The van der Waals surface area contributed by atoms with E-state index < -0.39 is 6.10 Å². The van der Waals surface area contributed by atoms with E-state index in [9.17, 15) is 9.18 Å². The van der Waals surface area contributed by atoms with Gasteiger partial charge in [0.05, 0.1) is 13.7 Å². The predicted molar refractivity (Wildman–Crippen MR) is 85.8 cm³/mol. The molecule has 128 valence electrons. The Balaban J connectivity index is 1.96. The second kappa shape index (κ2) is 8.26. The van der Waals surface area contributed by atoms with E-state index >= 15 is 0 Å². The number of ether oxygens (including phenoxy) is 2. The van der Waals surface area contributed by atoms with Gasteiger partial charge in [0.15, 0.2) is 0 Å². The van der Waals surface area contributed by atoms with Crippen molar-refractivity contribution in [3.8, 4) is 5.75 Å². The van der Waals surface area contributed by atoms with Crippen molar-refractivity contribution in [1.82, 2.24) is 10.2 Å². The van der Waals surface area contributed by atoms with Crippen LogP contribution in [0.4, 0.5) is 4.39 Å². The summed E-state index contributed by atoms with van der Waals surface area (Å²) in [5, 5.41) is 2.89. The third-order valence-electron chi connectivity index (χ3n) is 3.76. The maximum atomic E-state index is 13.5. The molecule has 1 unspecified atom stereocenters. The maximum absolute atomic E-state index is 13.5. The van der Waals surface area contributed by atoms with Crippen molar-refractivity contribution in [3.05, 3.63) is 29.6 Å². The number of nitrogens with one attached hydrogen (secondary N) is 1. The number of hydrogen-bond acceptors (Lipinski definition) is 4. The van der Waals surface area contributed by atoms with Gasteiger partial charge >= 0.3 is 0 Å². The molecule has 6 heteroatoms. The van der Waals surface area contributed by atoms with Gasteiger partial charge in [-0.2, -0.15) is 0 Å². The lowest BCUT2D eigenvalue weighted by Crippen LogP contribution is -2.50. The third-order valence-corrected chi connectivity index (χ3v) is 3.76. The molecule has 1 atom stereocenters. The Bertz CT molecular complexity index is 537. The van der Waals surface area contributed by atoms with Crippen LogP contribution < -0.4 is 10.1 Å². The van der Waals surface area contributed by atoms with Crippen molar-refractivity contribution >= 4 is 5.91 Å². The van der Waals surface area contributed by atoms with E-state index in [-0.39, 0.29) is 11.7 Å². The first-order chi connectivity index (χ1) is 11.0. The molecule has 0 aromatic heterocycles. The first-order valence-corrected chi connectivity index (χ1v) is 7.93. The zero-order chi connectivity index (χ0) is 16.8. The number of morpholine rings is 1. The van der Waals surface area contributed by atoms with Crippen LogP contribution in [0.3, 0.4) is 0 Å². The van der Waals surface area contributed by atoms with Crippen LogP contribution in [0.2, 0.25) is 0 Å². The van der Waals surface area contributed by atoms with Gasteiger partial charge in [0.1, 0.15) is 17.7 Å². The average Bonchev–Trinajstić information content (AvgIpc) is 2.53. The molecule has 0 aliphatic carbocycles. The molecule has 0 radical (unpaired) electrons. The number of amides is 1. The molecule has 1 aromatic rings. The lowest BCUT2D eigenvalue weighted by atomic mass is 10.1. The molecule has 1 aliphatic rings. The van der Waals surface area contributed by atoms with Gasteiger partial charge < -0.3 is 14.8 Å². The summed E-state index contributed by atoms with van der Waals surface area (Å²) < 4.78 is 24.3. The van der Waals surface area contributed by atoms with Gasteiger partial charge in [0, 0.05) is 31.7 Å². The highest BCUT2D eigenvalue weighted by Gasteiger charge is 2.27. The first-order valence-electron chi connectivity index (χ1n) is 7.93. The Morgan fingerprint density at radius 2 is 2.30 bits per heavy atom. The van der Waals surface area contributed by atoms with Crippen LogP contribution >= 0.6 is 0 Å². The smallest absolute Gasteiger partial charge is 0.250 e. The van der Waals surface area contributed by atoms with E-state index in [0.29, 0.717) is 44.5 Å². The van der Waals surface area contributed by atoms with Gasteiger partial charge in [-0.15, -0.1) is 0 Å². The highest BCUT2D eigenvalue weighted by Crippen LogP contribution is 2.22. The van der Waals surface area contributed by atoms with Gasteiger partial charge in [-0.1, -0.05) is 13.8 Å². The zero-order valence-corrected chi connectivity index (χ0v) is 14.0. The van der Waals surface area contributed by atoms with Crippen LogP contribution in [0.15, 0.2) is 18.2 Å². The number of rotatable bonds is 6. The van der Waals surface area contributed by atoms with Gasteiger partial charge in [0.25, 0.3) is 0 Å². The van der Waals surface area contributed by atoms with Crippen molar-refractivity contribution in [2.45, 2.75) is 26.5 Å². The first kappa shape index (κ1) is 17.7. The van der Waals surface area contributed by atoms with Gasteiger partial charge in [0.2, 0.25) is 5.91 Å². The summed E-state index contributed by atoms with van der Waals surface area (Å²) >= 11 is 0. The summed E-state index contributed by atoms with van der Waals surface area (Å²) in [5.41, 5.74) is 0.774. The third kappa shape index (κ3) is 5.18. The molecule has 5 nitrogen and oxygen atoms in total. The molecule has 1 amide bonds. The van der Waals surface area contributed by atoms with E-state index in [0.717, 1.165) is 5.56 Å². The number of carbonyl (C=O) groups excluding carboxylic acids is 1. The summed E-state index contributed by atoms with van der Waals surface area (Å²) in [7, 11) is 1.57. The number of methoxy groups -OCH3 is 1. The van der Waals surface area contributed by atoms with Crippen LogP contribution in [0.25, 0.3) is 0 Å². The normalized spacial score (nSPS) is 18.9. The Kier molecular flexibility index (Phi) is 6.36. The Morgan fingerprint density at radius 1 is 1.52 bits per heavy atom. The SMILES string of the molecule is COc1ccc(F)cc1CN1CCOC(C(=O)NCC(C)C)C1. The minimum absolute atomic E-state index is 0.0883. The highest BCUT2D eigenvalue weighted by molar-refractivity contribution is 5.81. The van der Waals surface area contributed by atoms with Crippen LogP contribution in [-0.4, -0.2) is 50.3 Å². The van der Waals surface area contributed by atoms with E-state index in [4.69, 9.17) is 9.47 Å². The number of nitrogens with zero attached hydrogens (tertiary/aromatic N) is 1. The fourth-order valence-corrected chi connectivity index (χ4v) is 2.53. The van der Waals surface area contributed by atoms with Crippen molar-refractivity contribution in [2.24, 2.45) is 5.92 Å². The highest BCUT2D eigenvalue weighted by atomic mass is 19.1. The summed E-state index contributed by atoms with van der Waals surface area (Å²) in [6, 6.07) is 4.48. The summed E-state index contributed by atoms with van der Waals surface area (Å²) in [6.07, 6.45) is -0.484. The Labute approximate surface area is 136 Å². The number of carbonyl (C=O) groups is 1. The zero-order valence-electron chi connectivity index (χ0n) is 14.0. The number of hydrogen-bond donors (Lipinski definition) is 1. The molecule has 0 bridgehead atoms. The van der Waals surface area contributed by atoms with E-state index in [1.165, 1.54) is 12.1 Å². The second-order valence-corrected chi connectivity index (χ2v) is 6.19. The van der Waals surface area contributed by atoms with E-state index in [1.54, 1.807) is 13.2 Å². The maximum Gasteiger partial charge on any atom is 0.250 e. The van der Waals surface area contributed by atoms with Crippen molar-refractivity contribution in [2.75, 3.05) is 33.4 Å². The number of halogens is 1. The molecule has 0 saturated carbocycles. The van der Waals surface area contributed by atoms with Crippen molar-refractivity contribution < 1.29 is 18.7 Å². The van der Waals surface area contributed by atoms with Crippen LogP contribution in [0.5, 0.6) is 5.75 Å². The number of benzene rings is 1. The molecule has 1 aliphatic heterocycles. The average molecular weight is 324 g/mol. The minimum atomic E-state index is -0.484. The van der Waals surface area contributed by atoms with Gasteiger partial charge in [-0.3, -0.25) is 9.69 Å². The molecule has 1 aromatic carbocycles. The molecule has 0 spiro atoms. The molecule has 1 saturated heterocycles. The Morgan fingerprint density at radius 3 is 3.00 bits per heavy atom. The van der Waals surface area contributed by atoms with Crippen LogP contribution in [-0.2, 0) is 16.1 Å². The molecular weight excluding hydrogens is 299 g/mol. The van der Waals surface area contributed by atoms with Crippen molar-refractivity contribution in [3.63, 3.8) is 0 Å². The molecular formula is C17H25FN2O3. The fraction of sp³-hybridized carbons (Fsp3) is 0.588. The van der Waals surface area contributed by atoms with E-state index in [1.807, 2.05) is 13.8 Å². The van der Waals surface area contributed by atoms with Crippen LogP contribution in [0, 0.1) is 11.7 Å². The summed E-state index contributed by atoms with van der Waals surface area (Å²) in [4.78, 5) is 14.2. The molecule has 1 heterocycles. The second-order valence-electron chi connectivity index (χ2n) is 6.19. The molecule has 1 N–H and O–H groups in total. The molecule has 23 heavy (non-hydrogen) atoms. The largest absolute Gasteiger partial charge is 0.496 e. The molecule has 1 fully saturated rings. The Hall–Kier alpha value is -1.66. The van der Waals surface area contributed by atoms with Crippen LogP contribution in [0.1, 0.15) is 19.4 Å². The summed E-state index contributed by atoms with van der Waals surface area (Å²) in [6.45, 7) is 6.93. The predicted octanol–water partition coefficient (Wildman–Crippen LogP) is 1.81.